The number of rotatable bonds is 5. The van der Waals surface area contributed by atoms with E-state index in [9.17, 15) is 8.42 Å². The first-order valence-electron chi connectivity index (χ1n) is 5.99. The molecule has 2 aromatic rings. The summed E-state index contributed by atoms with van der Waals surface area (Å²) in [6, 6.07) is 4.63. The number of hydrogen-bond donors (Lipinski definition) is 0. The third-order valence-corrected chi connectivity index (χ3v) is 5.29. The van der Waals surface area contributed by atoms with Crippen LogP contribution in [0.3, 0.4) is 0 Å². The first-order chi connectivity index (χ1) is 9.84. The molecule has 0 unspecified atom stereocenters. The number of hydrogen-bond acceptors (Lipinski definition) is 5. The molecule has 1 heterocycles. The molecular weight excluding hydrogens is 360 g/mol. The number of benzene rings is 1. The van der Waals surface area contributed by atoms with Crippen molar-refractivity contribution in [1.82, 2.24) is 19.3 Å². The highest BCUT2D eigenvalue weighted by Gasteiger charge is 2.22. The molecule has 9 heteroatoms. The predicted octanol–water partition coefficient (Wildman–Crippen LogP) is 1.41. The van der Waals surface area contributed by atoms with Crippen LogP contribution in [-0.2, 0) is 23.6 Å². The van der Waals surface area contributed by atoms with Gasteiger partial charge in [0.25, 0.3) is 0 Å². The Labute approximate surface area is 131 Å². The minimum Gasteiger partial charge on any atom is -0.496 e. The molecule has 0 fully saturated rings. The smallest absolute Gasteiger partial charge is 0.243 e. The van der Waals surface area contributed by atoms with Gasteiger partial charge >= 0.3 is 0 Å². The minimum atomic E-state index is -3.60. The molecule has 114 valence electrons. The van der Waals surface area contributed by atoms with Crippen LogP contribution >= 0.6 is 15.9 Å². The fourth-order valence-corrected chi connectivity index (χ4v) is 3.63. The Hall–Kier alpha value is -1.45. The summed E-state index contributed by atoms with van der Waals surface area (Å²) in [7, 11) is 1.15. The summed E-state index contributed by atoms with van der Waals surface area (Å²) >= 11 is 3.29. The van der Waals surface area contributed by atoms with Gasteiger partial charge in [-0.05, 0) is 34.1 Å². The van der Waals surface area contributed by atoms with Crippen LogP contribution in [0.2, 0.25) is 0 Å². The molecule has 0 N–H and O–H groups in total. The van der Waals surface area contributed by atoms with E-state index in [0.717, 1.165) is 0 Å². The fraction of sp³-hybridized carbons (Fsp3) is 0.333. The fourth-order valence-electron chi connectivity index (χ4n) is 1.77. The molecule has 0 aliphatic carbocycles. The Balaban J connectivity index is 2.26. The third kappa shape index (κ3) is 3.42. The number of aromatic nitrogens is 3. The van der Waals surface area contributed by atoms with Gasteiger partial charge in [-0.1, -0.05) is 5.21 Å². The molecule has 1 aromatic carbocycles. The van der Waals surface area contributed by atoms with Crippen molar-refractivity contribution in [2.75, 3.05) is 14.2 Å². The van der Waals surface area contributed by atoms with Gasteiger partial charge in [-0.2, -0.15) is 4.31 Å². The largest absolute Gasteiger partial charge is 0.496 e. The van der Waals surface area contributed by atoms with E-state index in [-0.39, 0.29) is 11.4 Å². The number of methoxy groups -OCH3 is 1. The van der Waals surface area contributed by atoms with Crippen LogP contribution in [0, 0.1) is 0 Å². The first kappa shape index (κ1) is 15.9. The predicted molar refractivity (Wildman–Crippen MR) is 80.3 cm³/mol. The maximum Gasteiger partial charge on any atom is 0.243 e. The summed E-state index contributed by atoms with van der Waals surface area (Å²) < 4.78 is 33.4. The van der Waals surface area contributed by atoms with Crippen molar-refractivity contribution in [1.29, 1.82) is 0 Å². The Morgan fingerprint density at radius 2 is 2.14 bits per heavy atom. The summed E-state index contributed by atoms with van der Waals surface area (Å²) in [6.07, 6.45) is 1.68. The van der Waals surface area contributed by atoms with E-state index in [4.69, 9.17) is 4.74 Å². The standard InChI is InChI=1S/C12H15BrN4O3S/c1-16-7-9(14-15-16)8-17(2)21(18,19)10-4-5-12(20-3)11(13)6-10/h4-7H,8H2,1-3H3. The lowest BCUT2D eigenvalue weighted by Crippen LogP contribution is -2.26. The van der Waals surface area contributed by atoms with E-state index in [1.54, 1.807) is 19.3 Å². The van der Waals surface area contributed by atoms with E-state index in [2.05, 4.69) is 26.2 Å². The summed E-state index contributed by atoms with van der Waals surface area (Å²) in [5, 5.41) is 7.67. The maximum absolute atomic E-state index is 12.5. The topological polar surface area (TPSA) is 77.3 Å². The second kappa shape index (κ2) is 6.12. The van der Waals surface area contributed by atoms with Crippen molar-refractivity contribution >= 4 is 26.0 Å². The van der Waals surface area contributed by atoms with Crippen LogP contribution in [0.1, 0.15) is 5.69 Å². The average Bonchev–Trinajstić information content (AvgIpc) is 2.83. The second-order valence-electron chi connectivity index (χ2n) is 4.44. The highest BCUT2D eigenvalue weighted by atomic mass is 79.9. The van der Waals surface area contributed by atoms with Crippen molar-refractivity contribution in [3.63, 3.8) is 0 Å². The zero-order valence-corrected chi connectivity index (χ0v) is 14.2. The highest BCUT2D eigenvalue weighted by Crippen LogP contribution is 2.28. The lowest BCUT2D eigenvalue weighted by atomic mass is 10.3. The van der Waals surface area contributed by atoms with Crippen LogP contribution in [0.25, 0.3) is 0 Å². The van der Waals surface area contributed by atoms with Gasteiger partial charge in [-0.3, -0.25) is 4.68 Å². The molecule has 1 aromatic heterocycles. The van der Waals surface area contributed by atoms with Crippen LogP contribution in [0.15, 0.2) is 33.8 Å². The molecule has 0 saturated carbocycles. The molecule has 7 nitrogen and oxygen atoms in total. The van der Waals surface area contributed by atoms with Crippen LogP contribution < -0.4 is 4.74 Å². The van der Waals surface area contributed by atoms with Gasteiger partial charge in [0.2, 0.25) is 10.0 Å². The van der Waals surface area contributed by atoms with E-state index in [0.29, 0.717) is 15.9 Å². The molecule has 0 bridgehead atoms. The number of aryl methyl sites for hydroxylation is 1. The first-order valence-corrected chi connectivity index (χ1v) is 8.23. The van der Waals surface area contributed by atoms with Crippen molar-refractivity contribution in [3.8, 4) is 5.75 Å². The molecular formula is C12H15BrN4O3S. The molecule has 2 rings (SSSR count). The maximum atomic E-state index is 12.5. The average molecular weight is 375 g/mol. The van der Waals surface area contributed by atoms with Gasteiger partial charge in [-0.25, -0.2) is 8.42 Å². The second-order valence-corrected chi connectivity index (χ2v) is 7.34. The Morgan fingerprint density at radius 1 is 1.43 bits per heavy atom. The van der Waals surface area contributed by atoms with E-state index in [1.165, 1.54) is 35.3 Å². The van der Waals surface area contributed by atoms with E-state index in [1.807, 2.05) is 0 Å². The van der Waals surface area contributed by atoms with Crippen LogP contribution in [0.5, 0.6) is 5.75 Å². The number of halogens is 1. The summed E-state index contributed by atoms with van der Waals surface area (Å²) in [5.74, 6) is 0.575. The SMILES string of the molecule is COc1ccc(S(=O)(=O)N(C)Cc2cn(C)nn2)cc1Br. The van der Waals surface area contributed by atoms with E-state index >= 15 is 0 Å². The molecule has 0 atom stereocenters. The zero-order valence-electron chi connectivity index (χ0n) is 11.8. The molecule has 0 aliphatic rings. The lowest BCUT2D eigenvalue weighted by molar-refractivity contribution is 0.411. The van der Waals surface area contributed by atoms with Gasteiger partial charge < -0.3 is 4.74 Å². The highest BCUT2D eigenvalue weighted by molar-refractivity contribution is 9.10. The molecule has 0 aliphatic heterocycles. The van der Waals surface area contributed by atoms with Gasteiger partial charge in [0.1, 0.15) is 5.75 Å². The molecule has 0 radical (unpaired) electrons. The number of sulfonamides is 1. The summed E-state index contributed by atoms with van der Waals surface area (Å²) in [5.41, 5.74) is 0.580. The van der Waals surface area contributed by atoms with Crippen molar-refractivity contribution in [2.24, 2.45) is 7.05 Å². The number of nitrogens with zero attached hydrogens (tertiary/aromatic N) is 4. The Morgan fingerprint density at radius 3 is 2.67 bits per heavy atom. The summed E-state index contributed by atoms with van der Waals surface area (Å²) in [6.45, 7) is 0.153. The van der Waals surface area contributed by atoms with E-state index < -0.39 is 10.0 Å². The molecule has 0 amide bonds. The van der Waals surface area contributed by atoms with Crippen molar-refractivity contribution < 1.29 is 13.2 Å². The van der Waals surface area contributed by atoms with Gasteiger partial charge in [-0.15, -0.1) is 5.10 Å². The van der Waals surface area contributed by atoms with Gasteiger partial charge in [0.05, 0.1) is 28.7 Å². The number of ether oxygens (including phenoxy) is 1. The van der Waals surface area contributed by atoms with Crippen LogP contribution in [0.4, 0.5) is 0 Å². The quantitative estimate of drug-likeness (QED) is 0.790. The minimum absolute atomic E-state index is 0.153. The van der Waals surface area contributed by atoms with Crippen molar-refractivity contribution in [3.05, 3.63) is 34.6 Å². The van der Waals surface area contributed by atoms with Crippen molar-refractivity contribution in [2.45, 2.75) is 11.4 Å². The molecule has 0 saturated heterocycles. The summed E-state index contributed by atoms with van der Waals surface area (Å²) in [4.78, 5) is 0.182. The van der Waals surface area contributed by atoms with Gasteiger partial charge in [0, 0.05) is 20.3 Å². The Bertz CT molecular complexity index is 745. The monoisotopic (exact) mass is 374 g/mol. The normalized spacial score (nSPS) is 11.9. The van der Waals surface area contributed by atoms with Gasteiger partial charge in [0.15, 0.2) is 0 Å². The molecule has 0 spiro atoms. The molecule has 21 heavy (non-hydrogen) atoms. The lowest BCUT2D eigenvalue weighted by Gasteiger charge is -2.16. The Kier molecular flexibility index (Phi) is 4.64. The zero-order chi connectivity index (χ0) is 15.6. The van der Waals surface area contributed by atoms with Crippen LogP contribution in [-0.4, -0.2) is 41.9 Å². The third-order valence-electron chi connectivity index (χ3n) is 2.87.